The molecule has 2 aromatic heterocycles. The zero-order valence-corrected chi connectivity index (χ0v) is 47.8. The van der Waals surface area contributed by atoms with Crippen molar-refractivity contribution in [2.24, 2.45) is 0 Å². The first-order valence-electron chi connectivity index (χ1n) is 27.1. The number of para-hydroxylation sites is 2. The fraction of sp³-hybridized carbons (Fsp3) is 0.511. The molecule has 3 unspecified atom stereocenters. The Labute approximate surface area is 479 Å². The number of hydrogen-bond donors (Lipinski definition) is 9. The van der Waals surface area contributed by atoms with Crippen LogP contribution < -0.4 is 46.8 Å². The standard InChI is InChI=1S/C22H29FN3O9P.C13H19FN3O9P.C12H17ClNO4P/c1-13(2)33-19(29)14(3)25-36(31,35-15-8-6-5-7-9-15)32-12-16-18(28)22(4,23)20(34-16)26-11-10-17(27)24-21(26)30;1-6(10(20)21)16-27(23,24)25-5-7-9(19)13(2,14)11(26-7)17-4-3-8(18)15-12(17)22;1-9(2)17-12(15)10(3)14-19(13,16)18-11-7-5-4-6-8-11/h5-11,13-14,16,18,20,28H,12H2,1-4H3,(H,25,31)(H,24,27,30);3-4,6-7,9,11,19H,5H2,1-2H3,(H,20,21)(H,15,18,22)(H2,16,23,24);4-10H,1-3H3,(H,14,16)/t14-,16+,18+,20+,22+,36?;6-,7+,9+,11+,13+;10-,19?/m000/s1/i4+1D3;2+1D3;. The molecule has 0 bridgehead atoms. The summed E-state index contributed by atoms with van der Waals surface area (Å²) in [5, 5.41) is 36.3. The molecule has 456 valence electrons. The van der Waals surface area contributed by atoms with E-state index in [1.54, 1.807) is 86.3 Å². The molecule has 0 saturated carbocycles. The molecule has 2 saturated heterocycles. The van der Waals surface area contributed by atoms with Gasteiger partial charge in [0.05, 0.1) is 25.4 Å². The van der Waals surface area contributed by atoms with Crippen molar-refractivity contribution in [1.29, 1.82) is 0 Å². The van der Waals surface area contributed by atoms with E-state index in [2.05, 4.69) is 14.7 Å². The molecule has 9 N–H and O–H groups in total. The molecular weight excluding hydrogens is 1180 g/mol. The molecule has 0 aliphatic carbocycles. The van der Waals surface area contributed by atoms with Gasteiger partial charge in [0.25, 0.3) is 11.1 Å². The van der Waals surface area contributed by atoms with Gasteiger partial charge < -0.3 is 48.2 Å². The number of carboxylic acid groups (broad SMARTS) is 1. The number of carbonyl (C=O) groups is 3. The van der Waals surface area contributed by atoms with Gasteiger partial charge in [-0.25, -0.2) is 42.2 Å². The van der Waals surface area contributed by atoms with Gasteiger partial charge in [0.1, 0.15) is 54.0 Å². The second-order valence-corrected chi connectivity index (χ2v) is 24.3. The fourth-order valence-electron chi connectivity index (χ4n) is 6.81. The van der Waals surface area contributed by atoms with Gasteiger partial charge in [0.15, 0.2) is 23.8 Å². The molecule has 2 aliphatic rings. The number of halogens is 3. The predicted octanol–water partition coefficient (Wildman–Crippen LogP) is 3.70. The van der Waals surface area contributed by atoms with E-state index in [0.29, 0.717) is 14.9 Å². The van der Waals surface area contributed by atoms with Crippen molar-refractivity contribution in [2.75, 3.05) is 13.2 Å². The summed E-state index contributed by atoms with van der Waals surface area (Å²) in [6.45, 7) is -2.08. The molecular formula is C47H65ClF2N7O22P3. The molecule has 2 aliphatic heterocycles. The summed E-state index contributed by atoms with van der Waals surface area (Å²) in [6.07, 6.45) is -12.1. The van der Waals surface area contributed by atoms with Crippen molar-refractivity contribution >= 4 is 51.5 Å². The maximum absolute atomic E-state index is 16.1. The minimum Gasteiger partial charge on any atom is -0.480 e. The van der Waals surface area contributed by atoms with Gasteiger partial charge in [0, 0.05) is 44.0 Å². The second kappa shape index (κ2) is 29.2. The highest BCUT2D eigenvalue weighted by atomic mass is 35.7. The van der Waals surface area contributed by atoms with Crippen molar-refractivity contribution in [3.8, 4) is 11.5 Å². The summed E-state index contributed by atoms with van der Waals surface area (Å²) >= 11 is 5.76. The highest BCUT2D eigenvalue weighted by Crippen LogP contribution is 2.50. The summed E-state index contributed by atoms with van der Waals surface area (Å²) in [5.74, 6) is -2.38. The number of benzene rings is 2. The largest absolute Gasteiger partial charge is 0.480 e. The van der Waals surface area contributed by atoms with Gasteiger partial charge in [-0.2, -0.15) is 5.09 Å². The van der Waals surface area contributed by atoms with E-state index in [-0.39, 0.29) is 11.9 Å². The molecule has 2 fully saturated rings. The Balaban J connectivity index is 0.000000300. The van der Waals surface area contributed by atoms with Crippen LogP contribution in [0.2, 0.25) is 0 Å². The zero-order chi connectivity index (χ0) is 66.7. The van der Waals surface area contributed by atoms with E-state index in [9.17, 15) is 62.4 Å². The number of carboxylic acids is 1. The molecule has 6 rings (SSSR count). The molecule has 82 heavy (non-hydrogen) atoms. The molecule has 29 nitrogen and oxygen atoms in total. The maximum Gasteiger partial charge on any atom is 0.459 e. The number of nitrogens with zero attached hydrogens (tertiary/aromatic N) is 2. The topological polar surface area (TPSA) is 403 Å². The summed E-state index contributed by atoms with van der Waals surface area (Å²) in [6, 6.07) is 14.2. The molecule has 0 radical (unpaired) electrons. The predicted molar refractivity (Wildman–Crippen MR) is 286 cm³/mol. The number of hydrogen-bond acceptors (Lipinski definition) is 20. The minimum absolute atomic E-state index is 0.0608. The number of ether oxygens (including phenoxy) is 4. The normalized spacial score (nSPS) is 26.9. The number of nitrogens with one attached hydrogen (secondary N) is 5. The van der Waals surface area contributed by atoms with Crippen LogP contribution >= 0.6 is 33.6 Å². The third-order valence-electron chi connectivity index (χ3n) is 10.7. The number of esters is 2. The number of carbonyl (C=O) groups excluding carboxylic acids is 2. The summed E-state index contributed by atoms with van der Waals surface area (Å²) in [5.41, 5.74) is -11.2. The first-order valence-corrected chi connectivity index (χ1v) is 29.8. The number of aromatic nitrogens is 4. The Hall–Kier alpha value is -5.75. The summed E-state index contributed by atoms with van der Waals surface area (Å²) < 4.78 is 157. The van der Waals surface area contributed by atoms with Crippen LogP contribution in [0.3, 0.4) is 0 Å². The van der Waals surface area contributed by atoms with Crippen LogP contribution in [-0.4, -0.2) is 137 Å². The average molecular weight is 1250 g/mol. The second-order valence-electron chi connectivity index (χ2n) is 18.3. The van der Waals surface area contributed by atoms with Crippen LogP contribution in [-0.2, 0) is 56.1 Å². The molecule has 4 aromatic rings. The Morgan fingerprint density at radius 2 is 1.07 bits per heavy atom. The van der Waals surface area contributed by atoms with Gasteiger partial charge in [-0.3, -0.25) is 52.1 Å². The van der Waals surface area contributed by atoms with Crippen LogP contribution in [0.4, 0.5) is 8.78 Å². The Morgan fingerprint density at radius 1 is 0.671 bits per heavy atom. The number of aliphatic hydroxyl groups is 2. The van der Waals surface area contributed by atoms with Crippen LogP contribution in [0.25, 0.3) is 0 Å². The smallest absolute Gasteiger partial charge is 0.459 e. The number of rotatable bonds is 23. The monoisotopic (exact) mass is 1250 g/mol. The quantitative estimate of drug-likeness (QED) is 0.0290. The summed E-state index contributed by atoms with van der Waals surface area (Å²) in [4.78, 5) is 94.8. The number of aliphatic hydroxyl groups excluding tert-OH is 2. The molecule has 0 amide bonds. The third-order valence-corrected chi connectivity index (χ3v) is 15.2. The number of alkyl halides is 2. The first kappa shape index (κ1) is 59.4. The van der Waals surface area contributed by atoms with Crippen molar-refractivity contribution in [3.63, 3.8) is 0 Å². The van der Waals surface area contributed by atoms with E-state index in [4.69, 9.17) is 57.1 Å². The first-order chi connectivity index (χ1) is 40.5. The molecule has 35 heteroatoms. The van der Waals surface area contributed by atoms with Gasteiger partial charge in [-0.15, -0.1) is 0 Å². The van der Waals surface area contributed by atoms with Crippen molar-refractivity contribution in [3.05, 3.63) is 127 Å². The van der Waals surface area contributed by atoms with E-state index in [1.807, 2.05) is 4.98 Å². The van der Waals surface area contributed by atoms with E-state index in [1.165, 1.54) is 26.0 Å². The van der Waals surface area contributed by atoms with Crippen molar-refractivity contribution in [1.82, 2.24) is 34.4 Å². The lowest BCUT2D eigenvalue weighted by Gasteiger charge is -2.25. The van der Waals surface area contributed by atoms with E-state index >= 15 is 8.78 Å². The van der Waals surface area contributed by atoms with Gasteiger partial charge in [0.2, 0.25) is 0 Å². The van der Waals surface area contributed by atoms with Crippen LogP contribution in [0, 0.1) is 0 Å². The molecule has 2 aromatic carbocycles. The average Bonchev–Trinajstić information content (AvgIpc) is 1.60. The van der Waals surface area contributed by atoms with Gasteiger partial charge in [-0.05, 0) is 86.4 Å². The van der Waals surface area contributed by atoms with Crippen LogP contribution in [0.5, 0.6) is 11.5 Å². The SMILES string of the molecule is CC(C)OC(=O)[C@H](C)NP(=O)(Cl)Oc1ccccc1.[2H][13C]([2H])([2H])[C@@]1(F)[C@H](O)[C@@H](COP(=O)(N[C@@H](C)C(=O)OC(C)C)Oc2ccccc2)O[C@H]1n1ccc(=O)[nH]c1=O.[2H][13C]([2H])([2H])[C@@]1(F)[C@H](O)[C@@H](COP(=O)(O)N[C@@H](C)C(=O)O)O[C@H]1n1ccc(=O)[nH]c1=O. The third kappa shape index (κ3) is 20.0. The lowest BCUT2D eigenvalue weighted by Crippen LogP contribution is -2.43. The van der Waals surface area contributed by atoms with Crippen LogP contribution in [0.15, 0.2) is 104 Å². The fourth-order valence-corrected chi connectivity index (χ4v) is 11.0. The van der Waals surface area contributed by atoms with Crippen molar-refractivity contribution in [2.45, 2.75) is 141 Å². The minimum atomic E-state index is -4.77. The lowest BCUT2D eigenvalue weighted by atomic mass is 10.0. The van der Waals surface area contributed by atoms with E-state index < -0.39 is 162 Å². The number of aromatic amines is 2. The Morgan fingerprint density at radius 3 is 1.46 bits per heavy atom. The molecule has 14 atom stereocenters. The van der Waals surface area contributed by atoms with Gasteiger partial charge in [-0.1, -0.05) is 36.4 Å². The maximum atomic E-state index is 16.1. The highest BCUT2D eigenvalue weighted by molar-refractivity contribution is 7.84. The summed E-state index contributed by atoms with van der Waals surface area (Å²) in [7, 11) is -9.26. The molecule has 0 spiro atoms. The molecule has 4 heterocycles. The zero-order valence-electron chi connectivity index (χ0n) is 50.4. The van der Waals surface area contributed by atoms with Crippen LogP contribution in [0.1, 0.15) is 82.9 Å². The highest BCUT2D eigenvalue weighted by Gasteiger charge is 2.57. The Bertz CT molecular complexity index is 3430. The van der Waals surface area contributed by atoms with Crippen molar-refractivity contribution < 1.29 is 102 Å². The number of H-pyrrole nitrogens is 2. The van der Waals surface area contributed by atoms with E-state index in [0.717, 1.165) is 31.5 Å². The number of aliphatic carboxylic acids is 1. The van der Waals surface area contributed by atoms with Gasteiger partial charge >= 0.3 is 51.7 Å². The Kier molecular flexibility index (Phi) is 21.1. The lowest BCUT2D eigenvalue weighted by molar-refractivity contribution is -0.149.